The van der Waals surface area contributed by atoms with Crippen molar-refractivity contribution in [1.29, 1.82) is 0 Å². The van der Waals surface area contributed by atoms with E-state index in [1.807, 2.05) is 6.92 Å². The van der Waals surface area contributed by atoms with E-state index in [0.717, 1.165) is 21.1 Å². The lowest BCUT2D eigenvalue weighted by Crippen LogP contribution is -2.12. The van der Waals surface area contributed by atoms with Crippen LogP contribution in [0.3, 0.4) is 0 Å². The standard InChI is InChI=1S/C16H18N4O2S2/c1-8-7-12(20-22-8)19-13(21)5-6-23-15-14-9(2)10(3)24-16(14)18-11(4)17-15/h7H,5-6H2,1-4H3,(H,19,20,21). The van der Waals surface area contributed by atoms with E-state index in [1.165, 1.54) is 10.4 Å². The van der Waals surface area contributed by atoms with Gasteiger partial charge in [-0.25, -0.2) is 9.97 Å². The molecule has 1 N–H and O–H groups in total. The van der Waals surface area contributed by atoms with Crippen LogP contribution in [0.25, 0.3) is 10.2 Å². The Labute approximate surface area is 148 Å². The number of aromatic nitrogens is 3. The van der Waals surface area contributed by atoms with Gasteiger partial charge in [0.1, 0.15) is 21.4 Å². The zero-order chi connectivity index (χ0) is 17.3. The number of nitrogens with one attached hydrogen (secondary N) is 1. The SMILES string of the molecule is Cc1nc(SCCC(=O)Nc2cc(C)on2)c2c(C)c(C)sc2n1. The number of fused-ring (bicyclic) bond motifs is 1. The minimum Gasteiger partial charge on any atom is -0.360 e. The summed E-state index contributed by atoms with van der Waals surface area (Å²) in [6, 6.07) is 1.69. The normalized spacial score (nSPS) is 11.2. The number of thiophene rings is 1. The van der Waals surface area contributed by atoms with E-state index in [9.17, 15) is 4.79 Å². The van der Waals surface area contributed by atoms with Crippen molar-refractivity contribution in [3.05, 3.63) is 28.1 Å². The van der Waals surface area contributed by atoms with Crippen molar-refractivity contribution in [2.75, 3.05) is 11.1 Å². The van der Waals surface area contributed by atoms with Crippen LogP contribution in [0.5, 0.6) is 0 Å². The van der Waals surface area contributed by atoms with Gasteiger partial charge in [0.05, 0.1) is 0 Å². The lowest BCUT2D eigenvalue weighted by Gasteiger charge is -2.05. The highest BCUT2D eigenvalue weighted by Crippen LogP contribution is 2.35. The highest BCUT2D eigenvalue weighted by atomic mass is 32.2. The maximum atomic E-state index is 12.0. The van der Waals surface area contributed by atoms with Gasteiger partial charge in [-0.1, -0.05) is 5.16 Å². The van der Waals surface area contributed by atoms with E-state index in [2.05, 4.69) is 34.3 Å². The quantitative estimate of drug-likeness (QED) is 0.545. The monoisotopic (exact) mass is 362 g/mol. The second-order valence-corrected chi connectivity index (χ2v) is 7.80. The van der Waals surface area contributed by atoms with Gasteiger partial charge in [0.25, 0.3) is 0 Å². The molecule has 1 amide bonds. The molecule has 0 aliphatic carbocycles. The second-order valence-electron chi connectivity index (χ2n) is 5.51. The first kappa shape index (κ1) is 16.9. The lowest BCUT2D eigenvalue weighted by molar-refractivity contribution is -0.115. The van der Waals surface area contributed by atoms with Gasteiger partial charge in [-0.3, -0.25) is 4.79 Å². The third kappa shape index (κ3) is 3.59. The maximum Gasteiger partial charge on any atom is 0.226 e. The van der Waals surface area contributed by atoms with E-state index in [1.54, 1.807) is 36.1 Å². The average molecular weight is 362 g/mol. The number of thioether (sulfide) groups is 1. The van der Waals surface area contributed by atoms with E-state index >= 15 is 0 Å². The molecule has 0 bridgehead atoms. The largest absolute Gasteiger partial charge is 0.360 e. The molecule has 6 nitrogen and oxygen atoms in total. The van der Waals surface area contributed by atoms with Gasteiger partial charge in [-0.2, -0.15) is 0 Å². The fourth-order valence-corrected chi connectivity index (χ4v) is 4.50. The number of nitrogens with zero attached hydrogens (tertiary/aromatic N) is 3. The molecule has 0 fully saturated rings. The first-order valence-corrected chi connectivity index (χ1v) is 9.34. The zero-order valence-corrected chi connectivity index (χ0v) is 15.6. The summed E-state index contributed by atoms with van der Waals surface area (Å²) in [6.07, 6.45) is 0.378. The van der Waals surface area contributed by atoms with Gasteiger partial charge in [0.2, 0.25) is 5.91 Å². The second kappa shape index (κ2) is 6.90. The molecule has 3 aromatic heterocycles. The van der Waals surface area contributed by atoms with Crippen molar-refractivity contribution in [2.45, 2.75) is 39.1 Å². The van der Waals surface area contributed by atoms with Crippen molar-refractivity contribution in [2.24, 2.45) is 0 Å². The molecule has 0 atom stereocenters. The molecule has 0 spiro atoms. The molecule has 3 heterocycles. The van der Waals surface area contributed by atoms with Crippen LogP contribution in [0.1, 0.15) is 28.4 Å². The highest BCUT2D eigenvalue weighted by molar-refractivity contribution is 7.99. The highest BCUT2D eigenvalue weighted by Gasteiger charge is 2.14. The summed E-state index contributed by atoms with van der Waals surface area (Å²) < 4.78 is 4.93. The molecule has 3 rings (SSSR count). The number of hydrogen-bond acceptors (Lipinski definition) is 7. The first-order valence-electron chi connectivity index (χ1n) is 7.54. The topological polar surface area (TPSA) is 80.9 Å². The lowest BCUT2D eigenvalue weighted by atomic mass is 10.2. The smallest absolute Gasteiger partial charge is 0.226 e. The summed E-state index contributed by atoms with van der Waals surface area (Å²) in [6.45, 7) is 7.87. The molecule has 0 aliphatic heterocycles. The fourth-order valence-electron chi connectivity index (χ4n) is 2.29. The van der Waals surface area contributed by atoms with Crippen LogP contribution in [0.2, 0.25) is 0 Å². The summed E-state index contributed by atoms with van der Waals surface area (Å²) in [5, 5.41) is 8.54. The number of aryl methyl sites for hydroxylation is 4. The molecule has 24 heavy (non-hydrogen) atoms. The van der Waals surface area contributed by atoms with E-state index in [-0.39, 0.29) is 5.91 Å². The van der Waals surface area contributed by atoms with Crippen LogP contribution in [-0.2, 0) is 4.79 Å². The van der Waals surface area contributed by atoms with Crippen LogP contribution in [0.4, 0.5) is 5.82 Å². The summed E-state index contributed by atoms with van der Waals surface area (Å²) in [5.41, 5.74) is 1.22. The molecule has 0 aliphatic rings. The molecule has 126 valence electrons. The fraction of sp³-hybridized carbons (Fsp3) is 0.375. The zero-order valence-electron chi connectivity index (χ0n) is 14.0. The maximum absolute atomic E-state index is 12.0. The van der Waals surface area contributed by atoms with Crippen molar-refractivity contribution in [3.63, 3.8) is 0 Å². The summed E-state index contributed by atoms with van der Waals surface area (Å²) in [5.74, 6) is 2.43. The number of rotatable bonds is 5. The Hall–Kier alpha value is -1.93. The molecule has 0 unspecified atom stereocenters. The van der Waals surface area contributed by atoms with Crippen LogP contribution < -0.4 is 5.32 Å². The summed E-state index contributed by atoms with van der Waals surface area (Å²) in [7, 11) is 0. The van der Waals surface area contributed by atoms with Crippen molar-refractivity contribution in [1.82, 2.24) is 15.1 Å². The predicted octanol–water partition coefficient (Wildman–Crippen LogP) is 4.03. The van der Waals surface area contributed by atoms with Crippen LogP contribution in [-0.4, -0.2) is 26.8 Å². The third-order valence-electron chi connectivity index (χ3n) is 3.57. The number of carbonyl (C=O) groups is 1. The average Bonchev–Trinajstić information content (AvgIpc) is 3.02. The Morgan fingerprint density at radius 2 is 2.08 bits per heavy atom. The number of carbonyl (C=O) groups excluding carboxylic acids is 1. The van der Waals surface area contributed by atoms with Crippen molar-refractivity contribution >= 4 is 45.0 Å². The Morgan fingerprint density at radius 1 is 1.29 bits per heavy atom. The molecule has 8 heteroatoms. The van der Waals surface area contributed by atoms with E-state index in [4.69, 9.17) is 4.52 Å². The molecule has 0 saturated heterocycles. The minimum atomic E-state index is -0.0870. The Kier molecular flexibility index (Phi) is 4.86. The summed E-state index contributed by atoms with van der Waals surface area (Å²) in [4.78, 5) is 23.3. The molecule has 0 aromatic carbocycles. The molecular formula is C16H18N4O2S2. The van der Waals surface area contributed by atoms with Gasteiger partial charge >= 0.3 is 0 Å². The number of anilines is 1. The predicted molar refractivity (Wildman–Crippen MR) is 96.8 cm³/mol. The molecule has 3 aromatic rings. The molecule has 0 radical (unpaired) electrons. The third-order valence-corrected chi connectivity index (χ3v) is 5.65. The first-order chi connectivity index (χ1) is 11.4. The van der Waals surface area contributed by atoms with Gasteiger partial charge in [0, 0.05) is 28.5 Å². The Balaban J connectivity index is 1.66. The van der Waals surface area contributed by atoms with Crippen LogP contribution in [0, 0.1) is 27.7 Å². The van der Waals surface area contributed by atoms with Gasteiger partial charge < -0.3 is 9.84 Å². The van der Waals surface area contributed by atoms with Crippen molar-refractivity contribution < 1.29 is 9.32 Å². The van der Waals surface area contributed by atoms with Gasteiger partial charge in [-0.05, 0) is 33.3 Å². The van der Waals surface area contributed by atoms with E-state index in [0.29, 0.717) is 23.8 Å². The van der Waals surface area contributed by atoms with Crippen molar-refractivity contribution in [3.8, 4) is 0 Å². The Bertz CT molecular complexity index is 901. The molecular weight excluding hydrogens is 344 g/mol. The number of amides is 1. The minimum absolute atomic E-state index is 0.0870. The van der Waals surface area contributed by atoms with Crippen LogP contribution in [0.15, 0.2) is 15.6 Å². The van der Waals surface area contributed by atoms with Crippen LogP contribution >= 0.6 is 23.1 Å². The van der Waals surface area contributed by atoms with Gasteiger partial charge in [0.15, 0.2) is 5.82 Å². The number of hydrogen-bond donors (Lipinski definition) is 1. The van der Waals surface area contributed by atoms with Gasteiger partial charge in [-0.15, -0.1) is 23.1 Å². The van der Waals surface area contributed by atoms with E-state index < -0.39 is 0 Å². The summed E-state index contributed by atoms with van der Waals surface area (Å²) >= 11 is 3.28. The molecule has 0 saturated carbocycles. The Morgan fingerprint density at radius 3 is 2.79 bits per heavy atom.